The topological polar surface area (TPSA) is 82.8 Å². The van der Waals surface area contributed by atoms with E-state index in [1.165, 1.54) is 18.0 Å². The Bertz CT molecular complexity index is 1410. The largest absolute Gasteiger partial charge is 0.493 e. The van der Waals surface area contributed by atoms with Gasteiger partial charge in [-0.25, -0.2) is 9.78 Å². The molecule has 0 bridgehead atoms. The van der Waals surface area contributed by atoms with Gasteiger partial charge in [0.15, 0.2) is 11.5 Å². The molecule has 0 atom stereocenters. The number of ether oxygens (including phenoxy) is 2. The highest BCUT2D eigenvalue weighted by atomic mass is 35.5. The van der Waals surface area contributed by atoms with Gasteiger partial charge >= 0.3 is 5.97 Å². The summed E-state index contributed by atoms with van der Waals surface area (Å²) in [4.78, 5) is 29.9. The number of fused-ring (bicyclic) bond motifs is 1. The second kappa shape index (κ2) is 9.67. The van der Waals surface area contributed by atoms with Crippen molar-refractivity contribution >= 4 is 34.7 Å². The first kappa shape index (κ1) is 22.2. The molecule has 7 nitrogen and oxygen atoms in total. The average molecular weight is 462 g/mol. The van der Waals surface area contributed by atoms with Gasteiger partial charge in [-0.15, -0.1) is 0 Å². The lowest BCUT2D eigenvalue weighted by Crippen LogP contribution is -2.22. The Hall–Kier alpha value is -3.97. The summed E-state index contributed by atoms with van der Waals surface area (Å²) in [5, 5.41) is 5.38. The molecule has 0 aliphatic heterocycles. The molecule has 0 fully saturated rings. The van der Waals surface area contributed by atoms with Crippen LogP contribution in [0.5, 0.6) is 11.5 Å². The number of nitrogens with zero attached hydrogens (tertiary/aromatic N) is 3. The van der Waals surface area contributed by atoms with Crippen molar-refractivity contribution in [1.82, 2.24) is 9.66 Å². The number of hydrogen-bond acceptors (Lipinski definition) is 6. The molecule has 0 saturated carbocycles. The minimum absolute atomic E-state index is 0.242. The van der Waals surface area contributed by atoms with E-state index in [0.29, 0.717) is 45.0 Å². The van der Waals surface area contributed by atoms with Crippen LogP contribution in [0.4, 0.5) is 0 Å². The highest BCUT2D eigenvalue weighted by Gasteiger charge is 2.13. The van der Waals surface area contributed by atoms with E-state index in [-0.39, 0.29) is 11.3 Å². The molecule has 4 rings (SSSR count). The van der Waals surface area contributed by atoms with Gasteiger partial charge in [0.25, 0.3) is 5.56 Å². The van der Waals surface area contributed by atoms with Crippen LogP contribution in [0.25, 0.3) is 10.9 Å². The first-order chi connectivity index (χ1) is 16.0. The number of hydrogen-bond donors (Lipinski definition) is 0. The van der Waals surface area contributed by atoms with Crippen LogP contribution in [0, 0.1) is 0 Å². The predicted molar refractivity (Wildman–Crippen MR) is 128 cm³/mol. The summed E-state index contributed by atoms with van der Waals surface area (Å²) in [5.41, 5.74) is 1.41. The normalized spacial score (nSPS) is 11.1. The molecule has 0 N–H and O–H groups in total. The van der Waals surface area contributed by atoms with Crippen molar-refractivity contribution in [1.29, 1.82) is 0 Å². The molecule has 0 spiro atoms. The maximum absolute atomic E-state index is 12.9. The Morgan fingerprint density at radius 2 is 1.85 bits per heavy atom. The van der Waals surface area contributed by atoms with Crippen molar-refractivity contribution in [3.05, 3.63) is 99.1 Å². The van der Waals surface area contributed by atoms with Gasteiger partial charge in [-0.2, -0.15) is 9.78 Å². The molecule has 0 unspecified atom stereocenters. The van der Waals surface area contributed by atoms with Crippen LogP contribution in [-0.4, -0.2) is 29.0 Å². The summed E-state index contributed by atoms with van der Waals surface area (Å²) in [5.74, 6) is 0.623. The van der Waals surface area contributed by atoms with Crippen LogP contribution >= 0.6 is 11.6 Å². The molecular formula is C25H20ClN3O4. The molecule has 1 aromatic heterocycles. The Kier molecular flexibility index (Phi) is 6.51. The number of carbonyl (C=O) groups is 1. The molecule has 0 aliphatic rings. The zero-order valence-corrected chi connectivity index (χ0v) is 18.7. The molecule has 1 heterocycles. The third-order valence-corrected chi connectivity index (χ3v) is 5.18. The standard InChI is InChI=1S/C25H20ClN3O4/c1-3-23-28-20-7-5-4-6-19(20)24(30)29(23)27-15-16-8-13-21(22(14-16)32-2)33-25(31)17-9-11-18(26)12-10-17/h4-15H,3H2,1-2H3. The molecule has 0 amide bonds. The van der Waals surface area contributed by atoms with E-state index in [4.69, 9.17) is 21.1 Å². The quantitative estimate of drug-likeness (QED) is 0.235. The van der Waals surface area contributed by atoms with Gasteiger partial charge in [0, 0.05) is 11.4 Å². The van der Waals surface area contributed by atoms with E-state index in [0.717, 1.165) is 0 Å². The second-order valence-electron chi connectivity index (χ2n) is 7.07. The highest BCUT2D eigenvalue weighted by molar-refractivity contribution is 6.30. The Morgan fingerprint density at radius 3 is 2.58 bits per heavy atom. The van der Waals surface area contributed by atoms with E-state index in [1.807, 2.05) is 13.0 Å². The molecule has 4 aromatic rings. The predicted octanol–water partition coefficient (Wildman–Crippen LogP) is 4.72. The van der Waals surface area contributed by atoms with Crippen molar-refractivity contribution in [3.63, 3.8) is 0 Å². The lowest BCUT2D eigenvalue weighted by atomic mass is 10.2. The maximum Gasteiger partial charge on any atom is 0.343 e. The fraction of sp³-hybridized carbons (Fsp3) is 0.120. The SMILES string of the molecule is CCc1nc2ccccc2c(=O)n1N=Cc1ccc(OC(=O)c2ccc(Cl)cc2)c(OC)c1. The summed E-state index contributed by atoms with van der Waals surface area (Å²) in [6.07, 6.45) is 2.07. The zero-order chi connectivity index (χ0) is 23.4. The first-order valence-electron chi connectivity index (χ1n) is 10.2. The van der Waals surface area contributed by atoms with Gasteiger partial charge in [-0.1, -0.05) is 30.7 Å². The number of esters is 1. The zero-order valence-electron chi connectivity index (χ0n) is 18.0. The molecule has 0 aliphatic carbocycles. The lowest BCUT2D eigenvalue weighted by Gasteiger charge is -2.10. The smallest absolute Gasteiger partial charge is 0.343 e. The third-order valence-electron chi connectivity index (χ3n) is 4.93. The van der Waals surface area contributed by atoms with Crippen molar-refractivity contribution in [3.8, 4) is 11.5 Å². The van der Waals surface area contributed by atoms with Gasteiger partial charge in [0.2, 0.25) is 0 Å². The van der Waals surface area contributed by atoms with E-state index >= 15 is 0 Å². The Labute approximate surface area is 194 Å². The second-order valence-corrected chi connectivity index (χ2v) is 7.50. The minimum Gasteiger partial charge on any atom is -0.493 e. The van der Waals surface area contributed by atoms with E-state index in [1.54, 1.807) is 60.7 Å². The number of carbonyl (C=O) groups excluding carboxylic acids is 1. The summed E-state index contributed by atoms with van der Waals surface area (Å²) in [6.45, 7) is 1.91. The number of rotatable bonds is 6. The summed E-state index contributed by atoms with van der Waals surface area (Å²) in [7, 11) is 1.48. The summed E-state index contributed by atoms with van der Waals surface area (Å²) >= 11 is 5.86. The van der Waals surface area contributed by atoms with Crippen LogP contribution < -0.4 is 15.0 Å². The van der Waals surface area contributed by atoms with Crippen molar-refractivity contribution in [2.24, 2.45) is 5.10 Å². The van der Waals surface area contributed by atoms with Gasteiger partial charge in [0.1, 0.15) is 5.82 Å². The fourth-order valence-electron chi connectivity index (χ4n) is 3.24. The van der Waals surface area contributed by atoms with Gasteiger partial charge < -0.3 is 9.47 Å². The number of benzene rings is 3. The number of para-hydroxylation sites is 1. The Morgan fingerprint density at radius 1 is 1.09 bits per heavy atom. The highest BCUT2D eigenvalue weighted by Crippen LogP contribution is 2.28. The molecule has 0 saturated heterocycles. The van der Waals surface area contributed by atoms with Crippen molar-refractivity contribution in [2.75, 3.05) is 7.11 Å². The van der Waals surface area contributed by atoms with Crippen LogP contribution in [0.15, 0.2) is 76.6 Å². The van der Waals surface area contributed by atoms with Gasteiger partial charge in [-0.05, 0) is 60.2 Å². The van der Waals surface area contributed by atoms with Crippen LogP contribution in [0.1, 0.15) is 28.7 Å². The van der Waals surface area contributed by atoms with Gasteiger partial charge in [0.05, 0.1) is 29.8 Å². The number of aryl methyl sites for hydroxylation is 1. The molecule has 166 valence electrons. The van der Waals surface area contributed by atoms with E-state index in [9.17, 15) is 9.59 Å². The monoisotopic (exact) mass is 461 g/mol. The first-order valence-corrected chi connectivity index (χ1v) is 10.6. The van der Waals surface area contributed by atoms with Crippen LogP contribution in [0.3, 0.4) is 0 Å². The fourth-order valence-corrected chi connectivity index (χ4v) is 3.36. The van der Waals surface area contributed by atoms with Crippen LogP contribution in [0.2, 0.25) is 5.02 Å². The van der Waals surface area contributed by atoms with Crippen LogP contribution in [-0.2, 0) is 6.42 Å². The molecule has 33 heavy (non-hydrogen) atoms. The number of halogens is 1. The molecule has 0 radical (unpaired) electrons. The van der Waals surface area contributed by atoms with Crippen molar-refractivity contribution < 1.29 is 14.3 Å². The lowest BCUT2D eigenvalue weighted by molar-refractivity contribution is 0.0729. The average Bonchev–Trinajstić information content (AvgIpc) is 2.84. The summed E-state index contributed by atoms with van der Waals surface area (Å²) in [6, 6.07) is 18.5. The summed E-state index contributed by atoms with van der Waals surface area (Å²) < 4.78 is 12.1. The number of aromatic nitrogens is 2. The van der Waals surface area contributed by atoms with E-state index in [2.05, 4.69) is 10.1 Å². The molecule has 3 aromatic carbocycles. The van der Waals surface area contributed by atoms with Crippen molar-refractivity contribution in [2.45, 2.75) is 13.3 Å². The third kappa shape index (κ3) is 4.78. The van der Waals surface area contributed by atoms with E-state index < -0.39 is 5.97 Å². The minimum atomic E-state index is -0.534. The molecule has 8 heteroatoms. The Balaban J connectivity index is 1.62. The number of methoxy groups -OCH3 is 1. The maximum atomic E-state index is 12.9. The van der Waals surface area contributed by atoms with Gasteiger partial charge in [-0.3, -0.25) is 4.79 Å². The molecular weight excluding hydrogens is 442 g/mol.